The average Bonchev–Trinajstić information content (AvgIpc) is 2.33. The van der Waals surface area contributed by atoms with Crippen molar-refractivity contribution in [3.8, 4) is 5.75 Å². The summed E-state index contributed by atoms with van der Waals surface area (Å²) in [5.74, 6) is -0.365. The second-order valence-corrected chi connectivity index (χ2v) is 3.63. The molecule has 0 saturated heterocycles. The molecular formula is C10H11F3N2O4. The van der Waals surface area contributed by atoms with Crippen LogP contribution in [0.4, 0.5) is 18.9 Å². The summed E-state index contributed by atoms with van der Waals surface area (Å²) in [4.78, 5) is 9.88. The summed E-state index contributed by atoms with van der Waals surface area (Å²) in [6.45, 7) is -1.07. The van der Waals surface area contributed by atoms with Crippen LogP contribution in [-0.4, -0.2) is 28.9 Å². The molecule has 0 radical (unpaired) electrons. The highest BCUT2D eigenvalue weighted by molar-refractivity contribution is 5.48. The largest absolute Gasteiger partial charge is 0.484 e. The third kappa shape index (κ3) is 4.07. The number of hydrogen-bond acceptors (Lipinski definition) is 5. The van der Waals surface area contributed by atoms with Gasteiger partial charge in [-0.25, -0.2) is 0 Å². The molecule has 0 spiro atoms. The van der Waals surface area contributed by atoms with E-state index < -0.39 is 29.5 Å². The van der Waals surface area contributed by atoms with E-state index in [-0.39, 0.29) is 12.3 Å². The highest BCUT2D eigenvalue weighted by Gasteiger charge is 2.39. The number of halogens is 3. The SMILES string of the molecule is NCc1ccc([N+](=O)[O-])c(OCC(O)C(F)(F)F)c1. The van der Waals surface area contributed by atoms with E-state index >= 15 is 0 Å². The molecule has 0 amide bonds. The van der Waals surface area contributed by atoms with E-state index in [2.05, 4.69) is 4.74 Å². The Morgan fingerprint density at radius 2 is 2.11 bits per heavy atom. The van der Waals surface area contributed by atoms with E-state index in [1.165, 1.54) is 12.1 Å². The summed E-state index contributed by atoms with van der Waals surface area (Å²) in [5.41, 5.74) is 5.28. The first kappa shape index (κ1) is 15.2. The Balaban J connectivity index is 2.89. The number of aliphatic hydroxyl groups is 1. The zero-order valence-corrected chi connectivity index (χ0v) is 9.55. The van der Waals surface area contributed by atoms with Crippen LogP contribution >= 0.6 is 0 Å². The van der Waals surface area contributed by atoms with Crippen LogP contribution in [0.25, 0.3) is 0 Å². The van der Waals surface area contributed by atoms with Gasteiger partial charge in [-0.1, -0.05) is 6.07 Å². The number of alkyl halides is 3. The zero-order valence-electron chi connectivity index (χ0n) is 9.55. The smallest absolute Gasteiger partial charge is 0.417 e. The van der Waals surface area contributed by atoms with Gasteiger partial charge in [-0.05, 0) is 11.6 Å². The monoisotopic (exact) mass is 280 g/mol. The molecule has 106 valence electrons. The van der Waals surface area contributed by atoms with Gasteiger partial charge in [0.25, 0.3) is 0 Å². The highest BCUT2D eigenvalue weighted by Crippen LogP contribution is 2.29. The van der Waals surface area contributed by atoms with E-state index in [9.17, 15) is 23.3 Å². The van der Waals surface area contributed by atoms with E-state index in [0.29, 0.717) is 5.56 Å². The molecule has 1 rings (SSSR count). The lowest BCUT2D eigenvalue weighted by molar-refractivity contribution is -0.386. The number of ether oxygens (including phenoxy) is 1. The Kier molecular flexibility index (Phi) is 4.67. The van der Waals surface area contributed by atoms with Crippen LogP contribution in [0.5, 0.6) is 5.75 Å². The third-order valence-corrected chi connectivity index (χ3v) is 2.23. The minimum Gasteiger partial charge on any atom is -0.484 e. The van der Waals surface area contributed by atoms with Crippen molar-refractivity contribution in [1.29, 1.82) is 0 Å². The maximum Gasteiger partial charge on any atom is 0.417 e. The Hall–Kier alpha value is -1.87. The number of aliphatic hydroxyl groups excluding tert-OH is 1. The summed E-state index contributed by atoms with van der Waals surface area (Å²) in [5, 5.41) is 19.4. The van der Waals surface area contributed by atoms with Crippen molar-refractivity contribution in [2.45, 2.75) is 18.8 Å². The number of nitro groups is 1. The molecule has 1 aromatic carbocycles. The molecule has 0 aliphatic heterocycles. The molecule has 0 aromatic heterocycles. The van der Waals surface area contributed by atoms with Gasteiger partial charge in [-0.15, -0.1) is 0 Å². The van der Waals surface area contributed by atoms with Crippen molar-refractivity contribution in [3.05, 3.63) is 33.9 Å². The van der Waals surface area contributed by atoms with Crippen LogP contribution in [0.15, 0.2) is 18.2 Å². The Labute approximate surface area is 105 Å². The zero-order chi connectivity index (χ0) is 14.6. The first-order chi connectivity index (χ1) is 8.75. The Morgan fingerprint density at radius 1 is 1.47 bits per heavy atom. The Morgan fingerprint density at radius 3 is 2.58 bits per heavy atom. The fourth-order valence-corrected chi connectivity index (χ4v) is 1.22. The molecule has 1 atom stereocenters. The molecule has 6 nitrogen and oxygen atoms in total. The lowest BCUT2D eigenvalue weighted by atomic mass is 10.2. The van der Waals surface area contributed by atoms with E-state index in [0.717, 1.165) is 6.07 Å². The van der Waals surface area contributed by atoms with Crippen LogP contribution in [-0.2, 0) is 6.54 Å². The van der Waals surface area contributed by atoms with Gasteiger partial charge in [0.1, 0.15) is 6.61 Å². The van der Waals surface area contributed by atoms with Crippen LogP contribution in [0.1, 0.15) is 5.56 Å². The van der Waals surface area contributed by atoms with Crippen LogP contribution in [0, 0.1) is 10.1 Å². The number of hydrogen-bond donors (Lipinski definition) is 2. The molecule has 0 fully saturated rings. The van der Waals surface area contributed by atoms with Gasteiger partial charge in [0.15, 0.2) is 11.9 Å². The van der Waals surface area contributed by atoms with E-state index in [1.54, 1.807) is 0 Å². The number of nitrogens with zero attached hydrogens (tertiary/aromatic N) is 1. The molecule has 0 heterocycles. The molecule has 9 heteroatoms. The van der Waals surface area contributed by atoms with Crippen molar-refractivity contribution in [1.82, 2.24) is 0 Å². The third-order valence-electron chi connectivity index (χ3n) is 2.23. The lowest BCUT2D eigenvalue weighted by Crippen LogP contribution is -2.34. The molecule has 1 aromatic rings. The normalized spacial score (nSPS) is 13.1. The second-order valence-electron chi connectivity index (χ2n) is 3.63. The molecule has 1 unspecified atom stereocenters. The second kappa shape index (κ2) is 5.85. The summed E-state index contributed by atoms with van der Waals surface area (Å²) in [6.07, 6.45) is -7.56. The first-order valence-electron chi connectivity index (χ1n) is 5.10. The Bertz CT molecular complexity index is 465. The standard InChI is InChI=1S/C10H11F3N2O4/c11-10(12,13)9(16)5-19-8-3-6(4-14)1-2-7(8)15(17)18/h1-3,9,16H,4-5,14H2. The van der Waals surface area contributed by atoms with Crippen LogP contribution < -0.4 is 10.5 Å². The number of nitrogens with two attached hydrogens (primary N) is 1. The maximum absolute atomic E-state index is 12.1. The average molecular weight is 280 g/mol. The molecule has 0 bridgehead atoms. The van der Waals surface area contributed by atoms with Crippen molar-refractivity contribution in [2.75, 3.05) is 6.61 Å². The van der Waals surface area contributed by atoms with E-state index in [1.807, 2.05) is 0 Å². The van der Waals surface area contributed by atoms with Gasteiger partial charge in [-0.2, -0.15) is 13.2 Å². The number of nitro benzene ring substituents is 1. The predicted octanol–water partition coefficient (Wildman–Crippen LogP) is 1.36. The van der Waals surface area contributed by atoms with Gasteiger partial charge in [-0.3, -0.25) is 10.1 Å². The van der Waals surface area contributed by atoms with Gasteiger partial charge >= 0.3 is 11.9 Å². The van der Waals surface area contributed by atoms with Crippen molar-refractivity contribution >= 4 is 5.69 Å². The van der Waals surface area contributed by atoms with Crippen LogP contribution in [0.3, 0.4) is 0 Å². The molecular weight excluding hydrogens is 269 g/mol. The van der Waals surface area contributed by atoms with Crippen LogP contribution in [0.2, 0.25) is 0 Å². The van der Waals surface area contributed by atoms with E-state index in [4.69, 9.17) is 10.8 Å². The summed E-state index contributed by atoms with van der Waals surface area (Å²) in [6, 6.07) is 3.61. The molecule has 0 saturated carbocycles. The molecule has 0 aliphatic rings. The summed E-state index contributed by atoms with van der Waals surface area (Å²) < 4.78 is 40.9. The minimum atomic E-state index is -4.85. The topological polar surface area (TPSA) is 98.6 Å². The number of rotatable bonds is 5. The lowest BCUT2D eigenvalue weighted by Gasteiger charge is -2.15. The maximum atomic E-state index is 12.1. The quantitative estimate of drug-likeness (QED) is 0.626. The van der Waals surface area contributed by atoms with Gasteiger partial charge < -0.3 is 15.6 Å². The summed E-state index contributed by atoms with van der Waals surface area (Å²) >= 11 is 0. The van der Waals surface area contributed by atoms with Crippen molar-refractivity contribution < 1.29 is 27.9 Å². The van der Waals surface area contributed by atoms with Gasteiger partial charge in [0.05, 0.1) is 4.92 Å². The van der Waals surface area contributed by atoms with Gasteiger partial charge in [0, 0.05) is 12.6 Å². The van der Waals surface area contributed by atoms with Crippen molar-refractivity contribution in [2.24, 2.45) is 5.73 Å². The number of benzene rings is 1. The summed E-state index contributed by atoms with van der Waals surface area (Å²) in [7, 11) is 0. The fourth-order valence-electron chi connectivity index (χ4n) is 1.22. The first-order valence-corrected chi connectivity index (χ1v) is 5.10. The highest BCUT2D eigenvalue weighted by atomic mass is 19.4. The molecule has 19 heavy (non-hydrogen) atoms. The fraction of sp³-hybridized carbons (Fsp3) is 0.400. The minimum absolute atomic E-state index is 0.0518. The molecule has 3 N–H and O–H groups in total. The molecule has 0 aliphatic carbocycles. The van der Waals surface area contributed by atoms with Gasteiger partial charge in [0.2, 0.25) is 0 Å². The predicted molar refractivity (Wildman–Crippen MR) is 58.5 cm³/mol. The van der Waals surface area contributed by atoms with Crippen molar-refractivity contribution in [3.63, 3.8) is 0 Å².